The van der Waals surface area contributed by atoms with Gasteiger partial charge in [0.05, 0.1) is 19.6 Å². The van der Waals surface area contributed by atoms with Crippen molar-refractivity contribution >= 4 is 11.9 Å². The molecule has 284 valence electrons. The zero-order chi connectivity index (χ0) is 37.5. The number of hydrogen-bond donors (Lipinski definition) is 9. The molecule has 2 aromatic carbocycles. The molecule has 0 bridgehead atoms. The van der Waals surface area contributed by atoms with E-state index in [0.29, 0.717) is 11.1 Å². The van der Waals surface area contributed by atoms with Crippen LogP contribution in [0, 0.1) is 5.92 Å². The van der Waals surface area contributed by atoms with E-state index in [1.165, 1.54) is 36.4 Å². The Kier molecular flexibility index (Phi) is 14.1. The molecule has 51 heavy (non-hydrogen) atoms. The number of esters is 2. The normalized spacial score (nSPS) is 30.7. The minimum atomic E-state index is -2.19. The Morgan fingerprint density at radius 3 is 1.47 bits per heavy atom. The summed E-state index contributed by atoms with van der Waals surface area (Å²) >= 11 is 0. The Hall–Kier alpha value is -3.46. The van der Waals surface area contributed by atoms with Gasteiger partial charge in [-0.3, -0.25) is 4.79 Å². The predicted molar refractivity (Wildman–Crippen MR) is 170 cm³/mol. The lowest BCUT2D eigenvalue weighted by Crippen LogP contribution is -2.60. The lowest BCUT2D eigenvalue weighted by Gasteiger charge is -2.39. The third-order valence-electron chi connectivity index (χ3n) is 8.38. The van der Waals surface area contributed by atoms with E-state index in [9.17, 15) is 55.5 Å². The third-order valence-corrected chi connectivity index (χ3v) is 8.38. The van der Waals surface area contributed by atoms with Crippen LogP contribution in [-0.2, 0) is 41.8 Å². The maximum Gasteiger partial charge on any atom is 0.339 e. The van der Waals surface area contributed by atoms with Crippen LogP contribution in [0.4, 0.5) is 0 Å². The third kappa shape index (κ3) is 10.3. The first-order valence-electron chi connectivity index (χ1n) is 16.3. The van der Waals surface area contributed by atoms with Gasteiger partial charge in [-0.25, -0.2) is 4.79 Å². The first kappa shape index (κ1) is 40.3. The average molecular weight is 727 g/mol. The van der Waals surface area contributed by atoms with Crippen LogP contribution in [0.1, 0.15) is 37.8 Å². The van der Waals surface area contributed by atoms with Crippen LogP contribution in [0.15, 0.2) is 48.5 Å². The average Bonchev–Trinajstić information content (AvgIpc) is 3.10. The predicted octanol–water partition coefficient (Wildman–Crippen LogP) is -2.00. The molecule has 0 aromatic heterocycles. The maximum atomic E-state index is 13.1. The minimum Gasteiger partial charge on any atom is -0.462 e. The standard InChI is InChI=1S/C34H46O17/c1-17(2)11-34(45,33(44)47-16-19-5-9-21(10-6-19)49-32-30(43)28(41)26(39)23(14-36)51-32)12-24(37)46-15-18-3-7-20(8-4-18)48-31-29(42)27(40)25(38)22(13-35)50-31/h3-10,17,22-23,25-32,35-36,38-43,45H,11-16H2,1-2H3/t22-,23+,25-,26+,27-,28+,29-,30+,31-,32+,34+/m0/s1. The summed E-state index contributed by atoms with van der Waals surface area (Å²) in [4.78, 5) is 25.8. The van der Waals surface area contributed by atoms with Crippen molar-refractivity contribution in [3.63, 3.8) is 0 Å². The van der Waals surface area contributed by atoms with Gasteiger partial charge in [0, 0.05) is 0 Å². The molecule has 0 amide bonds. The summed E-state index contributed by atoms with van der Waals surface area (Å²) in [5.41, 5.74) is -1.20. The largest absolute Gasteiger partial charge is 0.462 e. The van der Waals surface area contributed by atoms with Crippen molar-refractivity contribution in [3.8, 4) is 11.5 Å². The lowest BCUT2D eigenvalue weighted by atomic mass is 9.89. The molecular formula is C34H46O17. The molecule has 0 spiro atoms. The Bertz CT molecular complexity index is 1400. The number of aliphatic hydroxyl groups is 9. The molecule has 2 heterocycles. The second-order valence-corrected chi connectivity index (χ2v) is 13.0. The highest BCUT2D eigenvalue weighted by molar-refractivity contribution is 5.85. The first-order chi connectivity index (χ1) is 24.1. The number of carbonyl (C=O) groups excluding carboxylic acids is 2. The Morgan fingerprint density at radius 2 is 1.08 bits per heavy atom. The minimum absolute atomic E-state index is 0.100. The highest BCUT2D eigenvalue weighted by atomic mass is 16.7. The van der Waals surface area contributed by atoms with Crippen molar-refractivity contribution in [1.82, 2.24) is 0 Å². The topological polar surface area (TPSA) is 272 Å². The SMILES string of the molecule is CC(C)C[C@@](O)(CC(=O)OCc1ccc(O[C@H]2O[C@@H](CO)[C@H](O)[C@H](O)[C@@H]2O)cc1)C(=O)OCc1ccc(O[C@@H]2O[C@H](CO)[C@@H](O)[C@@H](O)[C@H]2O)cc1. The number of hydrogen-bond acceptors (Lipinski definition) is 17. The van der Waals surface area contributed by atoms with E-state index in [1.54, 1.807) is 26.0 Å². The highest BCUT2D eigenvalue weighted by Gasteiger charge is 2.46. The Balaban J connectivity index is 1.27. The van der Waals surface area contributed by atoms with Crippen molar-refractivity contribution < 1.29 is 84.0 Å². The molecule has 0 saturated carbocycles. The zero-order valence-electron chi connectivity index (χ0n) is 28.0. The van der Waals surface area contributed by atoms with Gasteiger partial charge >= 0.3 is 11.9 Å². The maximum absolute atomic E-state index is 13.1. The summed E-state index contributed by atoms with van der Waals surface area (Å²) in [7, 11) is 0. The molecule has 11 atom stereocenters. The van der Waals surface area contributed by atoms with Crippen molar-refractivity contribution in [3.05, 3.63) is 59.7 Å². The lowest BCUT2D eigenvalue weighted by molar-refractivity contribution is -0.277. The van der Waals surface area contributed by atoms with Gasteiger partial charge in [0.2, 0.25) is 12.6 Å². The molecule has 2 aromatic rings. The van der Waals surface area contributed by atoms with E-state index in [2.05, 4.69) is 0 Å². The van der Waals surface area contributed by atoms with E-state index in [1.807, 2.05) is 0 Å². The van der Waals surface area contributed by atoms with Crippen LogP contribution in [0.25, 0.3) is 0 Å². The number of aliphatic hydroxyl groups excluding tert-OH is 8. The van der Waals surface area contributed by atoms with E-state index in [0.717, 1.165) is 0 Å². The van der Waals surface area contributed by atoms with Crippen LogP contribution in [0.2, 0.25) is 0 Å². The monoisotopic (exact) mass is 726 g/mol. The molecule has 17 heteroatoms. The van der Waals surface area contributed by atoms with Crippen LogP contribution >= 0.6 is 0 Å². The number of carbonyl (C=O) groups is 2. The van der Waals surface area contributed by atoms with Crippen LogP contribution in [-0.4, -0.2) is 138 Å². The summed E-state index contributed by atoms with van der Waals surface area (Å²) in [5, 5.41) is 90.0. The molecule has 9 N–H and O–H groups in total. The smallest absolute Gasteiger partial charge is 0.339 e. The van der Waals surface area contributed by atoms with Gasteiger partial charge in [0.15, 0.2) is 5.60 Å². The van der Waals surface area contributed by atoms with Gasteiger partial charge in [0.1, 0.15) is 73.5 Å². The second-order valence-electron chi connectivity index (χ2n) is 13.0. The molecular weight excluding hydrogens is 680 g/mol. The summed E-state index contributed by atoms with van der Waals surface area (Å²) in [6.07, 6.45) is -15.3. The van der Waals surface area contributed by atoms with Crippen LogP contribution < -0.4 is 9.47 Å². The molecule has 0 radical (unpaired) electrons. The molecule has 2 aliphatic heterocycles. The van der Waals surface area contributed by atoms with Crippen molar-refractivity contribution in [1.29, 1.82) is 0 Å². The Morgan fingerprint density at radius 1 is 0.667 bits per heavy atom. The Labute approximate surface area is 293 Å². The van der Waals surface area contributed by atoms with Gasteiger partial charge in [-0.15, -0.1) is 0 Å². The van der Waals surface area contributed by atoms with E-state index < -0.39 is 98.6 Å². The van der Waals surface area contributed by atoms with Crippen LogP contribution in [0.3, 0.4) is 0 Å². The van der Waals surface area contributed by atoms with E-state index in [-0.39, 0.29) is 37.1 Å². The molecule has 17 nitrogen and oxygen atoms in total. The van der Waals surface area contributed by atoms with Gasteiger partial charge in [-0.1, -0.05) is 38.1 Å². The quantitative estimate of drug-likeness (QED) is 0.0898. The molecule has 4 rings (SSSR count). The fourth-order valence-electron chi connectivity index (χ4n) is 5.57. The molecule has 2 fully saturated rings. The fraction of sp³-hybridized carbons (Fsp3) is 0.588. The number of rotatable bonds is 15. The van der Waals surface area contributed by atoms with E-state index in [4.69, 9.17) is 28.4 Å². The van der Waals surface area contributed by atoms with Gasteiger partial charge < -0.3 is 74.4 Å². The number of benzene rings is 2. The molecule has 0 unspecified atom stereocenters. The van der Waals surface area contributed by atoms with Crippen molar-refractivity contribution in [2.45, 2.75) is 107 Å². The van der Waals surface area contributed by atoms with Gasteiger partial charge in [-0.05, 0) is 47.7 Å². The fourth-order valence-corrected chi connectivity index (χ4v) is 5.57. The molecule has 2 aliphatic rings. The highest BCUT2D eigenvalue weighted by Crippen LogP contribution is 2.28. The zero-order valence-corrected chi connectivity index (χ0v) is 28.0. The van der Waals surface area contributed by atoms with Crippen LogP contribution in [0.5, 0.6) is 11.5 Å². The van der Waals surface area contributed by atoms with Crippen molar-refractivity contribution in [2.75, 3.05) is 13.2 Å². The summed E-state index contributed by atoms with van der Waals surface area (Å²) in [6.45, 7) is 1.80. The summed E-state index contributed by atoms with van der Waals surface area (Å²) < 4.78 is 32.4. The molecule has 0 aliphatic carbocycles. The summed E-state index contributed by atoms with van der Waals surface area (Å²) in [5.74, 6) is -1.70. The number of ether oxygens (including phenoxy) is 6. The first-order valence-corrected chi connectivity index (χ1v) is 16.3. The summed E-state index contributed by atoms with van der Waals surface area (Å²) in [6, 6.07) is 12.0. The second kappa shape index (κ2) is 17.8. The van der Waals surface area contributed by atoms with Gasteiger partial charge in [-0.2, -0.15) is 0 Å². The molecule has 2 saturated heterocycles. The van der Waals surface area contributed by atoms with Crippen molar-refractivity contribution in [2.24, 2.45) is 5.92 Å². The van der Waals surface area contributed by atoms with E-state index >= 15 is 0 Å². The van der Waals surface area contributed by atoms with Gasteiger partial charge in [0.25, 0.3) is 0 Å².